The highest BCUT2D eigenvalue weighted by atomic mass is 16.3. The van der Waals surface area contributed by atoms with Crippen LogP contribution in [0.25, 0.3) is 0 Å². The Hall–Kier alpha value is -1.62. The van der Waals surface area contributed by atoms with Crippen LogP contribution in [0.15, 0.2) is 24.5 Å². The lowest BCUT2D eigenvalue weighted by Gasteiger charge is -2.18. The molecule has 0 aliphatic heterocycles. The maximum Gasteiger partial charge on any atom is 0.315 e. The second-order valence-electron chi connectivity index (χ2n) is 5.02. The Bertz CT molecular complexity index is 368. The number of carbonyl (C=O) groups excluding carboxylic acids is 1. The molecule has 0 fully saturated rings. The number of aromatic nitrogens is 1. The Morgan fingerprint density at radius 1 is 1.47 bits per heavy atom. The molecule has 0 aliphatic carbocycles. The van der Waals surface area contributed by atoms with E-state index in [-0.39, 0.29) is 18.7 Å². The zero-order chi connectivity index (χ0) is 14.1. The number of hydrogen-bond acceptors (Lipinski definition) is 3. The molecule has 19 heavy (non-hydrogen) atoms. The van der Waals surface area contributed by atoms with E-state index in [1.807, 2.05) is 12.1 Å². The van der Waals surface area contributed by atoms with Crippen molar-refractivity contribution in [1.29, 1.82) is 0 Å². The predicted octanol–water partition coefficient (Wildman–Crippen LogP) is 1.33. The molecule has 0 aliphatic rings. The maximum absolute atomic E-state index is 11.6. The van der Waals surface area contributed by atoms with E-state index >= 15 is 0 Å². The summed E-state index contributed by atoms with van der Waals surface area (Å²) in [5.74, 6) is 0.438. The van der Waals surface area contributed by atoms with Crippen LogP contribution in [-0.4, -0.2) is 35.3 Å². The number of pyridine rings is 1. The zero-order valence-corrected chi connectivity index (χ0v) is 11.6. The average molecular weight is 265 g/mol. The van der Waals surface area contributed by atoms with Gasteiger partial charge in [-0.2, -0.15) is 0 Å². The van der Waals surface area contributed by atoms with E-state index in [1.165, 1.54) is 0 Å². The van der Waals surface area contributed by atoms with Crippen LogP contribution < -0.4 is 10.6 Å². The number of aliphatic hydroxyl groups excluding tert-OH is 1. The van der Waals surface area contributed by atoms with Gasteiger partial charge in [-0.15, -0.1) is 0 Å². The van der Waals surface area contributed by atoms with Crippen molar-refractivity contribution in [3.63, 3.8) is 0 Å². The van der Waals surface area contributed by atoms with Gasteiger partial charge in [0.05, 0.1) is 12.6 Å². The normalized spacial score (nSPS) is 12.2. The first-order valence-electron chi connectivity index (χ1n) is 6.66. The number of rotatable bonds is 7. The van der Waals surface area contributed by atoms with Crippen LogP contribution in [0, 0.1) is 5.92 Å². The third-order valence-corrected chi connectivity index (χ3v) is 2.73. The van der Waals surface area contributed by atoms with Gasteiger partial charge in [-0.3, -0.25) is 4.98 Å². The van der Waals surface area contributed by atoms with Gasteiger partial charge in [-0.05, 0) is 30.4 Å². The second-order valence-corrected chi connectivity index (χ2v) is 5.02. The van der Waals surface area contributed by atoms with Crippen LogP contribution in [0.1, 0.15) is 25.8 Å². The summed E-state index contributed by atoms with van der Waals surface area (Å²) in [6, 6.07) is 3.43. The van der Waals surface area contributed by atoms with E-state index < -0.39 is 0 Å². The van der Waals surface area contributed by atoms with Gasteiger partial charge in [-0.1, -0.05) is 19.9 Å². The summed E-state index contributed by atoms with van der Waals surface area (Å²) in [4.78, 5) is 15.7. The molecule has 0 bridgehead atoms. The number of aliphatic hydroxyl groups is 1. The molecule has 1 aromatic heterocycles. The van der Waals surface area contributed by atoms with Gasteiger partial charge in [0.25, 0.3) is 0 Å². The Morgan fingerprint density at radius 2 is 2.26 bits per heavy atom. The number of nitrogens with one attached hydrogen (secondary N) is 2. The third-order valence-electron chi connectivity index (χ3n) is 2.73. The van der Waals surface area contributed by atoms with Crippen molar-refractivity contribution in [2.24, 2.45) is 5.92 Å². The van der Waals surface area contributed by atoms with Crippen LogP contribution in [0.2, 0.25) is 0 Å². The molecule has 5 nitrogen and oxygen atoms in total. The molecule has 1 aromatic rings. The zero-order valence-electron chi connectivity index (χ0n) is 11.6. The first-order chi connectivity index (χ1) is 9.11. The van der Waals surface area contributed by atoms with Gasteiger partial charge in [-0.25, -0.2) is 4.79 Å². The summed E-state index contributed by atoms with van der Waals surface area (Å²) in [5.41, 5.74) is 1.09. The Balaban J connectivity index is 2.23. The molecule has 0 saturated heterocycles. The fraction of sp³-hybridized carbons (Fsp3) is 0.571. The lowest BCUT2D eigenvalue weighted by atomic mass is 10.0. The fourth-order valence-corrected chi connectivity index (χ4v) is 1.85. The van der Waals surface area contributed by atoms with Crippen molar-refractivity contribution < 1.29 is 9.90 Å². The molecule has 0 saturated carbocycles. The molecule has 106 valence electrons. The van der Waals surface area contributed by atoms with Crippen molar-refractivity contribution in [1.82, 2.24) is 15.6 Å². The van der Waals surface area contributed by atoms with Gasteiger partial charge < -0.3 is 15.7 Å². The van der Waals surface area contributed by atoms with Gasteiger partial charge in [0.15, 0.2) is 0 Å². The van der Waals surface area contributed by atoms with Crippen LogP contribution in [0.4, 0.5) is 4.79 Å². The quantitative estimate of drug-likeness (QED) is 0.696. The van der Waals surface area contributed by atoms with Gasteiger partial charge in [0.2, 0.25) is 0 Å². The number of hydrogen-bond donors (Lipinski definition) is 3. The summed E-state index contributed by atoms with van der Waals surface area (Å²) in [5, 5.41) is 14.7. The standard InChI is InChI=1S/C14H23N3O2/c1-11(2)8-13(10-18)17-14(19)16-7-5-12-4-3-6-15-9-12/h3-4,6,9,11,13,18H,5,7-8,10H2,1-2H3,(H2,16,17,19). The summed E-state index contributed by atoms with van der Waals surface area (Å²) in [6.45, 7) is 4.64. The highest BCUT2D eigenvalue weighted by molar-refractivity contribution is 5.74. The van der Waals surface area contributed by atoms with E-state index in [0.717, 1.165) is 18.4 Å². The molecule has 5 heteroatoms. The molecule has 0 aromatic carbocycles. The van der Waals surface area contributed by atoms with Crippen molar-refractivity contribution in [2.75, 3.05) is 13.2 Å². The van der Waals surface area contributed by atoms with E-state index in [0.29, 0.717) is 12.5 Å². The maximum atomic E-state index is 11.6. The molecule has 1 unspecified atom stereocenters. The number of nitrogens with zero attached hydrogens (tertiary/aromatic N) is 1. The molecule has 2 amide bonds. The molecule has 1 heterocycles. The SMILES string of the molecule is CC(C)CC(CO)NC(=O)NCCc1cccnc1. The summed E-state index contributed by atoms with van der Waals surface area (Å²) >= 11 is 0. The molecule has 0 radical (unpaired) electrons. The van der Waals surface area contributed by atoms with E-state index in [2.05, 4.69) is 29.5 Å². The smallest absolute Gasteiger partial charge is 0.315 e. The second kappa shape index (κ2) is 8.48. The van der Waals surface area contributed by atoms with Gasteiger partial charge in [0, 0.05) is 18.9 Å². The van der Waals surface area contributed by atoms with Crippen molar-refractivity contribution in [3.05, 3.63) is 30.1 Å². The first-order valence-corrected chi connectivity index (χ1v) is 6.66. The minimum atomic E-state index is -0.233. The molecule has 3 N–H and O–H groups in total. The van der Waals surface area contributed by atoms with Crippen LogP contribution in [0.3, 0.4) is 0 Å². The molecule has 1 atom stereocenters. The Kier molecular flexibility index (Phi) is 6.89. The first kappa shape index (κ1) is 15.4. The van der Waals surface area contributed by atoms with E-state index in [9.17, 15) is 9.90 Å². The molecular weight excluding hydrogens is 242 g/mol. The Morgan fingerprint density at radius 3 is 2.84 bits per heavy atom. The molecule has 1 rings (SSSR count). The fourth-order valence-electron chi connectivity index (χ4n) is 1.85. The van der Waals surface area contributed by atoms with Crippen LogP contribution in [-0.2, 0) is 6.42 Å². The monoisotopic (exact) mass is 265 g/mol. The highest BCUT2D eigenvalue weighted by Gasteiger charge is 2.12. The highest BCUT2D eigenvalue weighted by Crippen LogP contribution is 2.03. The van der Waals surface area contributed by atoms with Crippen LogP contribution >= 0.6 is 0 Å². The van der Waals surface area contributed by atoms with Gasteiger partial charge >= 0.3 is 6.03 Å². The topological polar surface area (TPSA) is 74.2 Å². The average Bonchev–Trinajstić information content (AvgIpc) is 2.38. The van der Waals surface area contributed by atoms with E-state index in [4.69, 9.17) is 0 Å². The Labute approximate surface area is 114 Å². The number of carbonyl (C=O) groups is 1. The molecular formula is C14H23N3O2. The number of amides is 2. The predicted molar refractivity (Wildman–Crippen MR) is 74.8 cm³/mol. The van der Waals surface area contributed by atoms with Crippen molar-refractivity contribution in [2.45, 2.75) is 32.7 Å². The number of urea groups is 1. The lowest BCUT2D eigenvalue weighted by molar-refractivity contribution is 0.207. The van der Waals surface area contributed by atoms with Gasteiger partial charge in [0.1, 0.15) is 0 Å². The molecule has 0 spiro atoms. The summed E-state index contributed by atoms with van der Waals surface area (Å²) in [7, 11) is 0. The minimum Gasteiger partial charge on any atom is -0.394 e. The largest absolute Gasteiger partial charge is 0.394 e. The third kappa shape index (κ3) is 6.76. The lowest BCUT2D eigenvalue weighted by Crippen LogP contribution is -2.44. The summed E-state index contributed by atoms with van der Waals surface area (Å²) < 4.78 is 0. The van der Waals surface area contributed by atoms with Crippen LogP contribution in [0.5, 0.6) is 0 Å². The van der Waals surface area contributed by atoms with Crippen molar-refractivity contribution in [3.8, 4) is 0 Å². The van der Waals surface area contributed by atoms with Crippen molar-refractivity contribution >= 4 is 6.03 Å². The summed E-state index contributed by atoms with van der Waals surface area (Å²) in [6.07, 6.45) is 5.03. The van der Waals surface area contributed by atoms with E-state index in [1.54, 1.807) is 12.4 Å². The minimum absolute atomic E-state index is 0.0335.